The normalized spacial score (nSPS) is 16.5. The van der Waals surface area contributed by atoms with Crippen LogP contribution in [0.15, 0.2) is 17.0 Å². The molecule has 1 aromatic heterocycles. The standard InChI is InChI=1S/C11H15BrN4O2/c12-10-9(13-1-2-14-10)11(17)15-3-4-16-5-7-18-8-6-16/h1-2H,3-8H2,(H,15,17). The summed E-state index contributed by atoms with van der Waals surface area (Å²) >= 11 is 3.20. The lowest BCUT2D eigenvalue weighted by Gasteiger charge is -2.26. The van der Waals surface area contributed by atoms with Gasteiger partial charge in [0.15, 0.2) is 5.69 Å². The highest BCUT2D eigenvalue weighted by Gasteiger charge is 2.13. The summed E-state index contributed by atoms with van der Waals surface area (Å²) in [6.07, 6.45) is 3.04. The highest BCUT2D eigenvalue weighted by atomic mass is 79.9. The van der Waals surface area contributed by atoms with Gasteiger partial charge in [-0.25, -0.2) is 9.97 Å². The first-order valence-corrected chi connectivity index (χ1v) is 6.61. The van der Waals surface area contributed by atoms with Crippen molar-refractivity contribution in [1.29, 1.82) is 0 Å². The molecule has 7 heteroatoms. The topological polar surface area (TPSA) is 67.4 Å². The van der Waals surface area contributed by atoms with Gasteiger partial charge in [0.1, 0.15) is 4.60 Å². The van der Waals surface area contributed by atoms with E-state index >= 15 is 0 Å². The van der Waals surface area contributed by atoms with Crippen LogP contribution in [0, 0.1) is 0 Å². The van der Waals surface area contributed by atoms with E-state index in [4.69, 9.17) is 4.74 Å². The number of nitrogens with zero attached hydrogens (tertiary/aromatic N) is 3. The van der Waals surface area contributed by atoms with Crippen LogP contribution in [0.5, 0.6) is 0 Å². The van der Waals surface area contributed by atoms with Crippen LogP contribution in [0.3, 0.4) is 0 Å². The lowest BCUT2D eigenvalue weighted by atomic mass is 10.4. The van der Waals surface area contributed by atoms with Gasteiger partial charge in [-0.3, -0.25) is 9.69 Å². The maximum absolute atomic E-state index is 11.8. The summed E-state index contributed by atoms with van der Waals surface area (Å²) < 4.78 is 5.73. The third kappa shape index (κ3) is 3.72. The Hall–Kier alpha value is -1.05. The molecule has 0 aromatic carbocycles. The zero-order chi connectivity index (χ0) is 12.8. The van der Waals surface area contributed by atoms with Gasteiger partial charge in [-0.05, 0) is 15.9 Å². The SMILES string of the molecule is O=C(NCCN1CCOCC1)c1nccnc1Br. The van der Waals surface area contributed by atoms with E-state index in [1.165, 1.54) is 12.4 Å². The Morgan fingerprint density at radius 3 is 2.83 bits per heavy atom. The first kappa shape index (κ1) is 13.4. The minimum absolute atomic E-state index is 0.205. The Morgan fingerprint density at radius 1 is 1.39 bits per heavy atom. The molecule has 18 heavy (non-hydrogen) atoms. The summed E-state index contributed by atoms with van der Waals surface area (Å²) in [5.74, 6) is -0.205. The molecule has 1 saturated heterocycles. The number of halogens is 1. The number of ether oxygens (including phenoxy) is 1. The predicted molar refractivity (Wildman–Crippen MR) is 69.3 cm³/mol. The minimum Gasteiger partial charge on any atom is -0.379 e. The highest BCUT2D eigenvalue weighted by Crippen LogP contribution is 2.08. The van der Waals surface area contributed by atoms with Crippen LogP contribution in [-0.4, -0.2) is 60.2 Å². The summed E-state index contributed by atoms with van der Waals surface area (Å²) in [5, 5.41) is 2.83. The van der Waals surface area contributed by atoms with Crippen LogP contribution in [0.2, 0.25) is 0 Å². The molecule has 1 aliphatic heterocycles. The highest BCUT2D eigenvalue weighted by molar-refractivity contribution is 9.10. The minimum atomic E-state index is -0.205. The Balaban J connectivity index is 1.76. The van der Waals surface area contributed by atoms with Gasteiger partial charge in [-0.2, -0.15) is 0 Å². The maximum atomic E-state index is 11.8. The lowest BCUT2D eigenvalue weighted by Crippen LogP contribution is -2.41. The fourth-order valence-corrected chi connectivity index (χ4v) is 2.11. The summed E-state index contributed by atoms with van der Waals surface area (Å²) in [4.78, 5) is 22.0. The molecule has 2 heterocycles. The number of carbonyl (C=O) groups is 1. The largest absolute Gasteiger partial charge is 0.379 e. The quantitative estimate of drug-likeness (QED) is 0.866. The first-order valence-electron chi connectivity index (χ1n) is 5.82. The number of amides is 1. The van der Waals surface area contributed by atoms with Gasteiger partial charge >= 0.3 is 0 Å². The van der Waals surface area contributed by atoms with E-state index in [1.807, 2.05) is 0 Å². The van der Waals surface area contributed by atoms with Gasteiger partial charge in [-0.1, -0.05) is 0 Å². The summed E-state index contributed by atoms with van der Waals surface area (Å²) in [6, 6.07) is 0. The number of rotatable bonds is 4. The molecular weight excluding hydrogens is 300 g/mol. The zero-order valence-electron chi connectivity index (χ0n) is 9.93. The van der Waals surface area contributed by atoms with Crippen molar-refractivity contribution in [2.75, 3.05) is 39.4 Å². The monoisotopic (exact) mass is 314 g/mol. The molecule has 0 saturated carbocycles. The molecule has 0 spiro atoms. The molecule has 1 aromatic rings. The Kier molecular flexibility index (Phi) is 5.03. The third-order valence-electron chi connectivity index (χ3n) is 2.69. The third-order valence-corrected chi connectivity index (χ3v) is 3.27. The van der Waals surface area contributed by atoms with Crippen LogP contribution in [0.25, 0.3) is 0 Å². The van der Waals surface area contributed by atoms with Crippen molar-refractivity contribution >= 4 is 21.8 Å². The molecule has 1 N–H and O–H groups in total. The van der Waals surface area contributed by atoms with E-state index < -0.39 is 0 Å². The fraction of sp³-hybridized carbons (Fsp3) is 0.545. The second-order valence-corrected chi connectivity index (χ2v) is 4.66. The molecule has 2 rings (SSSR count). The van der Waals surface area contributed by atoms with Crippen molar-refractivity contribution < 1.29 is 9.53 Å². The van der Waals surface area contributed by atoms with E-state index in [9.17, 15) is 4.79 Å². The van der Waals surface area contributed by atoms with E-state index in [1.54, 1.807) is 0 Å². The summed E-state index contributed by atoms with van der Waals surface area (Å²) in [6.45, 7) is 4.80. The lowest BCUT2D eigenvalue weighted by molar-refractivity contribution is 0.0383. The van der Waals surface area contributed by atoms with Crippen LogP contribution < -0.4 is 5.32 Å². The second kappa shape index (κ2) is 6.77. The number of hydrogen-bond donors (Lipinski definition) is 1. The molecule has 1 aliphatic rings. The van der Waals surface area contributed by atoms with E-state index in [0.29, 0.717) is 16.8 Å². The van der Waals surface area contributed by atoms with Gasteiger partial charge in [0.05, 0.1) is 13.2 Å². The van der Waals surface area contributed by atoms with Crippen molar-refractivity contribution in [2.45, 2.75) is 0 Å². The van der Waals surface area contributed by atoms with Crippen LogP contribution in [0.4, 0.5) is 0 Å². The van der Waals surface area contributed by atoms with Crippen molar-refractivity contribution in [3.63, 3.8) is 0 Å². The van der Waals surface area contributed by atoms with Gasteiger partial charge in [0.25, 0.3) is 5.91 Å². The molecule has 1 amide bonds. The van der Waals surface area contributed by atoms with Gasteiger partial charge < -0.3 is 10.1 Å². The Morgan fingerprint density at radius 2 is 2.11 bits per heavy atom. The van der Waals surface area contributed by atoms with Crippen molar-refractivity contribution in [3.05, 3.63) is 22.7 Å². The summed E-state index contributed by atoms with van der Waals surface area (Å²) in [5.41, 5.74) is 0.319. The molecule has 0 radical (unpaired) electrons. The van der Waals surface area contributed by atoms with Crippen LogP contribution >= 0.6 is 15.9 Å². The number of aromatic nitrogens is 2. The van der Waals surface area contributed by atoms with E-state index in [-0.39, 0.29) is 5.91 Å². The number of nitrogens with one attached hydrogen (secondary N) is 1. The Bertz CT molecular complexity index is 410. The molecule has 1 fully saturated rings. The summed E-state index contributed by atoms with van der Waals surface area (Å²) in [7, 11) is 0. The number of carbonyl (C=O) groups excluding carboxylic acids is 1. The van der Waals surface area contributed by atoms with Crippen molar-refractivity contribution in [2.24, 2.45) is 0 Å². The molecule has 0 atom stereocenters. The predicted octanol–water partition coefficient (Wildman–Crippen LogP) is 0.301. The number of hydrogen-bond acceptors (Lipinski definition) is 5. The van der Waals surface area contributed by atoms with Gasteiger partial charge in [-0.15, -0.1) is 0 Å². The Labute approximate surface area is 114 Å². The zero-order valence-corrected chi connectivity index (χ0v) is 11.5. The first-order chi connectivity index (χ1) is 8.77. The van der Waals surface area contributed by atoms with Crippen molar-refractivity contribution in [1.82, 2.24) is 20.2 Å². The molecule has 0 bridgehead atoms. The second-order valence-electron chi connectivity index (χ2n) is 3.91. The van der Waals surface area contributed by atoms with Crippen LogP contribution in [-0.2, 0) is 4.74 Å². The van der Waals surface area contributed by atoms with E-state index in [2.05, 4.69) is 36.1 Å². The van der Waals surface area contributed by atoms with Crippen molar-refractivity contribution in [3.8, 4) is 0 Å². The van der Waals surface area contributed by atoms with Gasteiger partial charge in [0.2, 0.25) is 0 Å². The number of morpholine rings is 1. The average Bonchev–Trinajstić information content (AvgIpc) is 2.40. The molecule has 0 unspecified atom stereocenters. The molecule has 0 aliphatic carbocycles. The van der Waals surface area contributed by atoms with E-state index in [0.717, 1.165) is 32.8 Å². The molecule has 6 nitrogen and oxygen atoms in total. The smallest absolute Gasteiger partial charge is 0.272 e. The van der Waals surface area contributed by atoms with Crippen LogP contribution in [0.1, 0.15) is 10.5 Å². The maximum Gasteiger partial charge on any atom is 0.272 e. The molecule has 98 valence electrons. The molecular formula is C11H15BrN4O2. The fourth-order valence-electron chi connectivity index (χ4n) is 1.71. The average molecular weight is 315 g/mol. The van der Waals surface area contributed by atoms with Gasteiger partial charge in [0, 0.05) is 38.6 Å².